The van der Waals surface area contributed by atoms with E-state index in [-0.39, 0.29) is 12.5 Å². The number of rotatable bonds is 7. The van der Waals surface area contributed by atoms with Gasteiger partial charge in [-0.1, -0.05) is 30.3 Å². The molecule has 134 valence electrons. The third-order valence-electron chi connectivity index (χ3n) is 3.87. The number of para-hydroxylation sites is 2. The first-order valence-electron chi connectivity index (χ1n) is 8.38. The molecule has 3 aromatic rings. The Morgan fingerprint density at radius 2 is 1.81 bits per heavy atom. The molecule has 0 spiro atoms. The number of amides is 1. The van der Waals surface area contributed by atoms with Gasteiger partial charge in [0.1, 0.15) is 17.3 Å². The molecule has 2 aromatic carbocycles. The minimum atomic E-state index is -1.12. The maximum atomic E-state index is 12.6. The highest BCUT2D eigenvalue weighted by Crippen LogP contribution is 2.25. The van der Waals surface area contributed by atoms with Crippen LogP contribution in [0.25, 0.3) is 0 Å². The Morgan fingerprint density at radius 1 is 1.08 bits per heavy atom. The number of benzene rings is 2. The first-order valence-corrected chi connectivity index (χ1v) is 8.38. The predicted molar refractivity (Wildman–Crippen MR) is 98.3 cm³/mol. The zero-order valence-corrected chi connectivity index (χ0v) is 14.5. The van der Waals surface area contributed by atoms with Gasteiger partial charge < -0.3 is 19.6 Å². The Hall–Kier alpha value is -3.05. The van der Waals surface area contributed by atoms with Crippen LogP contribution in [0, 0.1) is 0 Å². The van der Waals surface area contributed by atoms with Gasteiger partial charge in [-0.05, 0) is 43.3 Å². The standard InChI is InChI=1S/C21H21NO4/c1-21(24,14-17-10-7-13-25-17)15-22-20(23)18-11-5-6-12-19(18)26-16-8-3-2-4-9-16/h2-13,24H,14-15H2,1H3,(H,22,23). The molecule has 0 aliphatic rings. The fourth-order valence-corrected chi connectivity index (χ4v) is 2.58. The van der Waals surface area contributed by atoms with Crippen molar-refractivity contribution in [1.29, 1.82) is 0 Å². The zero-order valence-electron chi connectivity index (χ0n) is 14.5. The van der Waals surface area contributed by atoms with Crippen LogP contribution in [0.15, 0.2) is 77.4 Å². The van der Waals surface area contributed by atoms with E-state index in [4.69, 9.17) is 9.15 Å². The van der Waals surface area contributed by atoms with Gasteiger partial charge in [0.2, 0.25) is 0 Å². The predicted octanol–water partition coefficient (Wildman–Crippen LogP) is 3.80. The summed E-state index contributed by atoms with van der Waals surface area (Å²) < 4.78 is 11.1. The highest BCUT2D eigenvalue weighted by Gasteiger charge is 2.24. The third kappa shape index (κ3) is 4.74. The van der Waals surface area contributed by atoms with Crippen molar-refractivity contribution >= 4 is 5.91 Å². The van der Waals surface area contributed by atoms with Crippen LogP contribution in [0.3, 0.4) is 0 Å². The summed E-state index contributed by atoms with van der Waals surface area (Å²) in [5.41, 5.74) is -0.715. The van der Waals surface area contributed by atoms with Gasteiger partial charge in [-0.2, -0.15) is 0 Å². The minimum Gasteiger partial charge on any atom is -0.469 e. The number of carbonyl (C=O) groups excluding carboxylic acids is 1. The molecule has 1 aromatic heterocycles. The van der Waals surface area contributed by atoms with Gasteiger partial charge in [-0.3, -0.25) is 4.79 Å². The Balaban J connectivity index is 1.66. The van der Waals surface area contributed by atoms with E-state index in [0.29, 0.717) is 29.2 Å². The molecule has 1 heterocycles. The summed E-state index contributed by atoms with van der Waals surface area (Å²) in [5.74, 6) is 1.47. The lowest BCUT2D eigenvalue weighted by Crippen LogP contribution is -2.42. The van der Waals surface area contributed by atoms with Crippen molar-refractivity contribution in [2.75, 3.05) is 6.54 Å². The van der Waals surface area contributed by atoms with Gasteiger partial charge in [-0.15, -0.1) is 0 Å². The fourth-order valence-electron chi connectivity index (χ4n) is 2.58. The first-order chi connectivity index (χ1) is 12.5. The van der Waals surface area contributed by atoms with Crippen LogP contribution in [0.2, 0.25) is 0 Å². The number of aliphatic hydroxyl groups is 1. The highest BCUT2D eigenvalue weighted by molar-refractivity contribution is 5.97. The molecule has 1 atom stereocenters. The molecule has 1 amide bonds. The van der Waals surface area contributed by atoms with Crippen molar-refractivity contribution in [3.63, 3.8) is 0 Å². The maximum Gasteiger partial charge on any atom is 0.255 e. The molecular weight excluding hydrogens is 330 g/mol. The van der Waals surface area contributed by atoms with Crippen LogP contribution >= 0.6 is 0 Å². The molecule has 2 N–H and O–H groups in total. The lowest BCUT2D eigenvalue weighted by molar-refractivity contribution is 0.0509. The summed E-state index contributed by atoms with van der Waals surface area (Å²) in [6.07, 6.45) is 1.86. The molecule has 26 heavy (non-hydrogen) atoms. The molecule has 0 aliphatic carbocycles. The topological polar surface area (TPSA) is 71.7 Å². The van der Waals surface area contributed by atoms with Crippen LogP contribution in [0.5, 0.6) is 11.5 Å². The lowest BCUT2D eigenvalue weighted by Gasteiger charge is -2.23. The number of hydrogen-bond donors (Lipinski definition) is 2. The van der Waals surface area contributed by atoms with Gasteiger partial charge in [0.25, 0.3) is 5.91 Å². The number of nitrogens with one attached hydrogen (secondary N) is 1. The summed E-state index contributed by atoms with van der Waals surface area (Å²) in [7, 11) is 0. The summed E-state index contributed by atoms with van der Waals surface area (Å²) in [5, 5.41) is 13.2. The number of carbonyl (C=O) groups is 1. The molecular formula is C21H21NO4. The number of furan rings is 1. The molecule has 0 bridgehead atoms. The normalized spacial score (nSPS) is 13.0. The van der Waals surface area contributed by atoms with E-state index in [1.807, 2.05) is 36.4 Å². The molecule has 5 heteroatoms. The van der Waals surface area contributed by atoms with E-state index >= 15 is 0 Å². The number of ether oxygens (including phenoxy) is 1. The summed E-state index contributed by atoms with van der Waals surface area (Å²) in [6, 6.07) is 19.8. The van der Waals surface area contributed by atoms with Crippen LogP contribution < -0.4 is 10.1 Å². The van der Waals surface area contributed by atoms with Crippen LogP contribution in [-0.2, 0) is 6.42 Å². The first kappa shape index (κ1) is 17.8. The highest BCUT2D eigenvalue weighted by atomic mass is 16.5. The Labute approximate surface area is 152 Å². The third-order valence-corrected chi connectivity index (χ3v) is 3.87. The van der Waals surface area contributed by atoms with Crippen molar-refractivity contribution in [1.82, 2.24) is 5.32 Å². The largest absolute Gasteiger partial charge is 0.469 e. The van der Waals surface area contributed by atoms with Crippen molar-refractivity contribution in [2.24, 2.45) is 0 Å². The second-order valence-corrected chi connectivity index (χ2v) is 6.35. The molecule has 3 rings (SSSR count). The smallest absolute Gasteiger partial charge is 0.255 e. The molecule has 5 nitrogen and oxygen atoms in total. The van der Waals surface area contributed by atoms with Gasteiger partial charge >= 0.3 is 0 Å². The maximum absolute atomic E-state index is 12.6. The van der Waals surface area contributed by atoms with Gasteiger partial charge in [0, 0.05) is 13.0 Å². The van der Waals surface area contributed by atoms with E-state index < -0.39 is 5.60 Å². The zero-order chi connectivity index (χ0) is 18.4. The van der Waals surface area contributed by atoms with Crippen molar-refractivity contribution in [3.05, 3.63) is 84.3 Å². The molecule has 0 saturated carbocycles. The monoisotopic (exact) mass is 351 g/mol. The van der Waals surface area contributed by atoms with Crippen LogP contribution in [0.4, 0.5) is 0 Å². The van der Waals surface area contributed by atoms with Crippen LogP contribution in [-0.4, -0.2) is 23.2 Å². The number of hydrogen-bond acceptors (Lipinski definition) is 4. The van der Waals surface area contributed by atoms with Gasteiger partial charge in [0.05, 0.1) is 17.4 Å². The van der Waals surface area contributed by atoms with Crippen LogP contribution in [0.1, 0.15) is 23.0 Å². The van der Waals surface area contributed by atoms with Crippen molar-refractivity contribution in [3.8, 4) is 11.5 Å². The summed E-state index contributed by atoms with van der Waals surface area (Å²) >= 11 is 0. The quantitative estimate of drug-likeness (QED) is 0.679. The second-order valence-electron chi connectivity index (χ2n) is 6.35. The van der Waals surface area contributed by atoms with E-state index in [0.717, 1.165) is 0 Å². The van der Waals surface area contributed by atoms with E-state index in [9.17, 15) is 9.90 Å². The van der Waals surface area contributed by atoms with E-state index in [1.165, 1.54) is 0 Å². The molecule has 0 radical (unpaired) electrons. The Bertz CT molecular complexity index is 841. The fraction of sp³-hybridized carbons (Fsp3) is 0.190. The minimum absolute atomic E-state index is 0.0895. The summed E-state index contributed by atoms with van der Waals surface area (Å²) in [4.78, 5) is 12.6. The summed E-state index contributed by atoms with van der Waals surface area (Å²) in [6.45, 7) is 1.74. The Kier molecular flexibility index (Phi) is 5.39. The lowest BCUT2D eigenvalue weighted by atomic mass is 10.0. The second kappa shape index (κ2) is 7.89. The van der Waals surface area contributed by atoms with Crippen molar-refractivity contribution in [2.45, 2.75) is 18.9 Å². The molecule has 0 saturated heterocycles. The molecule has 0 aliphatic heterocycles. The average molecular weight is 351 g/mol. The molecule has 0 fully saturated rings. The van der Waals surface area contributed by atoms with Crippen molar-refractivity contribution < 1.29 is 19.1 Å². The SMILES string of the molecule is CC(O)(CNC(=O)c1ccccc1Oc1ccccc1)Cc1ccco1. The van der Waals surface area contributed by atoms with E-state index in [1.54, 1.807) is 43.5 Å². The van der Waals surface area contributed by atoms with Gasteiger partial charge in [0.15, 0.2) is 0 Å². The molecule has 1 unspecified atom stereocenters. The average Bonchev–Trinajstić information content (AvgIpc) is 3.13. The van der Waals surface area contributed by atoms with E-state index in [2.05, 4.69) is 5.32 Å². The Morgan fingerprint density at radius 3 is 2.54 bits per heavy atom. The van der Waals surface area contributed by atoms with Gasteiger partial charge in [-0.25, -0.2) is 0 Å².